The van der Waals surface area contributed by atoms with Gasteiger partial charge in [-0.15, -0.1) is 0 Å². The molecule has 6 rings (SSSR count). The van der Waals surface area contributed by atoms with Crippen molar-refractivity contribution < 1.29 is 74.3 Å². The molecular formula is C47H58F6N4O10. The maximum Gasteiger partial charge on any atom is 0.416 e. The highest BCUT2D eigenvalue weighted by Gasteiger charge is 2.54. The molecule has 0 saturated carbocycles. The maximum atomic E-state index is 13.6. The number of nitrogens with one attached hydrogen (secondary N) is 4. The number of halogens is 6. The summed E-state index contributed by atoms with van der Waals surface area (Å²) in [6.07, 6.45) is -12.6. The fourth-order valence-corrected chi connectivity index (χ4v) is 8.31. The minimum absolute atomic E-state index is 0.156. The van der Waals surface area contributed by atoms with E-state index in [4.69, 9.17) is 28.4 Å². The first-order valence-electron chi connectivity index (χ1n) is 22.7. The van der Waals surface area contributed by atoms with Gasteiger partial charge in [-0.25, -0.2) is 9.59 Å². The van der Waals surface area contributed by atoms with Crippen molar-refractivity contribution in [2.75, 3.05) is 23.8 Å². The van der Waals surface area contributed by atoms with Crippen LogP contribution in [0.15, 0.2) is 78.9 Å². The van der Waals surface area contributed by atoms with E-state index >= 15 is 0 Å². The molecule has 0 bridgehead atoms. The molecule has 3 aliphatic rings. The summed E-state index contributed by atoms with van der Waals surface area (Å²) in [5, 5.41) is 22.4. The predicted octanol–water partition coefficient (Wildman–Crippen LogP) is 9.24. The van der Waals surface area contributed by atoms with Crippen LogP contribution in [0.2, 0.25) is 0 Å². The van der Waals surface area contributed by atoms with Gasteiger partial charge < -0.3 is 49.5 Å². The quantitative estimate of drug-likeness (QED) is 0.0611. The average molecular weight is 953 g/mol. The summed E-state index contributed by atoms with van der Waals surface area (Å²) in [5.74, 6) is -0.348. The normalized spacial score (nSPS) is 26.5. The number of unbranched alkanes of at least 4 members (excludes halogenated alkanes) is 7. The number of carbonyl (C=O) groups is 3. The lowest BCUT2D eigenvalue weighted by atomic mass is 9.92. The van der Waals surface area contributed by atoms with Gasteiger partial charge in [0.05, 0.1) is 42.5 Å². The van der Waals surface area contributed by atoms with Gasteiger partial charge in [-0.1, -0.05) is 101 Å². The van der Waals surface area contributed by atoms with Crippen LogP contribution in [0.4, 0.5) is 47.3 Å². The number of fused-ring (bicyclic) bond motifs is 1. The zero-order chi connectivity index (χ0) is 48.1. The Kier molecular flexibility index (Phi) is 18.3. The van der Waals surface area contributed by atoms with Gasteiger partial charge in [-0.05, 0) is 49.2 Å². The monoisotopic (exact) mass is 952 g/mol. The van der Waals surface area contributed by atoms with E-state index in [1.165, 1.54) is 18.6 Å². The molecule has 14 nitrogen and oxygen atoms in total. The summed E-state index contributed by atoms with van der Waals surface area (Å²) in [4.78, 5) is 40.6. The van der Waals surface area contributed by atoms with E-state index in [0.29, 0.717) is 24.5 Å². The topological polar surface area (TPSA) is 175 Å². The number of aliphatic hydroxyl groups excluding tert-OH is 1. The van der Waals surface area contributed by atoms with Crippen molar-refractivity contribution in [1.29, 1.82) is 0 Å². The second-order valence-corrected chi connectivity index (χ2v) is 16.8. The first-order valence-corrected chi connectivity index (χ1v) is 22.7. The number of amides is 4. The number of urea groups is 1. The van der Waals surface area contributed by atoms with E-state index in [1.54, 1.807) is 37.3 Å². The third-order valence-corrected chi connectivity index (χ3v) is 11.7. The molecule has 4 amide bonds. The summed E-state index contributed by atoms with van der Waals surface area (Å²) in [6, 6.07) is 13.5. The zero-order valence-corrected chi connectivity index (χ0v) is 37.2. The lowest BCUT2D eigenvalue weighted by molar-refractivity contribution is -0.369. The molecule has 3 aromatic carbocycles. The Labute approximate surface area is 384 Å². The summed E-state index contributed by atoms with van der Waals surface area (Å²) in [7, 11) is 0. The first-order chi connectivity index (χ1) is 32.0. The van der Waals surface area contributed by atoms with Crippen LogP contribution in [0.25, 0.3) is 0 Å². The maximum absolute atomic E-state index is 13.6. The highest BCUT2D eigenvalue weighted by Crippen LogP contribution is 2.38. The van der Waals surface area contributed by atoms with E-state index in [2.05, 4.69) is 28.2 Å². The molecule has 368 valence electrons. The fraction of sp³-hybridized carbons (Fsp3) is 0.553. The van der Waals surface area contributed by atoms with Crippen molar-refractivity contribution in [1.82, 2.24) is 10.6 Å². The van der Waals surface area contributed by atoms with Crippen LogP contribution in [-0.4, -0.2) is 91.3 Å². The molecule has 5 unspecified atom stereocenters. The molecule has 10 atom stereocenters. The van der Waals surface area contributed by atoms with Gasteiger partial charge in [0.2, 0.25) is 5.91 Å². The van der Waals surface area contributed by atoms with Crippen molar-refractivity contribution in [3.8, 4) is 0 Å². The van der Waals surface area contributed by atoms with E-state index in [0.717, 1.165) is 68.9 Å². The van der Waals surface area contributed by atoms with Gasteiger partial charge in [0.25, 0.3) is 0 Å². The Balaban J connectivity index is 1.25. The number of aliphatic hydroxyl groups is 1. The number of rotatable bonds is 18. The smallest absolute Gasteiger partial charge is 0.416 e. The third kappa shape index (κ3) is 14.5. The second-order valence-electron chi connectivity index (χ2n) is 16.8. The minimum atomic E-state index is -4.71. The van der Waals surface area contributed by atoms with E-state index in [9.17, 15) is 45.8 Å². The molecule has 0 aliphatic carbocycles. The molecule has 5 N–H and O–H groups in total. The molecular weight excluding hydrogens is 895 g/mol. The summed E-state index contributed by atoms with van der Waals surface area (Å²) in [6.45, 7) is 3.54. The lowest BCUT2D eigenvalue weighted by Crippen LogP contribution is -2.69. The highest BCUT2D eigenvalue weighted by molar-refractivity contribution is 5.89. The van der Waals surface area contributed by atoms with Crippen molar-refractivity contribution >= 4 is 29.4 Å². The van der Waals surface area contributed by atoms with Crippen LogP contribution in [0.1, 0.15) is 101 Å². The van der Waals surface area contributed by atoms with Gasteiger partial charge in [0, 0.05) is 23.4 Å². The molecule has 67 heavy (non-hydrogen) atoms. The van der Waals surface area contributed by atoms with Crippen molar-refractivity contribution in [2.45, 2.75) is 152 Å². The van der Waals surface area contributed by atoms with Crippen molar-refractivity contribution in [2.24, 2.45) is 0 Å². The molecule has 3 aliphatic heterocycles. The van der Waals surface area contributed by atoms with Crippen molar-refractivity contribution in [3.63, 3.8) is 0 Å². The average Bonchev–Trinajstić information content (AvgIpc) is 3.29. The Morgan fingerprint density at radius 2 is 1.34 bits per heavy atom. The summed E-state index contributed by atoms with van der Waals surface area (Å²) < 4.78 is 118. The van der Waals surface area contributed by atoms with E-state index in [-0.39, 0.29) is 36.9 Å². The van der Waals surface area contributed by atoms with E-state index < -0.39 is 96.9 Å². The Morgan fingerprint density at radius 1 is 0.716 bits per heavy atom. The molecule has 3 saturated heterocycles. The summed E-state index contributed by atoms with van der Waals surface area (Å²) >= 11 is 0. The Bertz CT molecular complexity index is 2070. The number of benzene rings is 3. The van der Waals surface area contributed by atoms with Crippen LogP contribution in [-0.2, 0) is 45.6 Å². The van der Waals surface area contributed by atoms with Crippen LogP contribution >= 0.6 is 0 Å². The van der Waals surface area contributed by atoms with Gasteiger partial charge in [-0.2, -0.15) is 26.3 Å². The molecule has 3 heterocycles. The third-order valence-electron chi connectivity index (χ3n) is 11.7. The number of anilines is 2. The SMILES string of the molecule is CCCCCCCCCCC(=O)N[C@H]1C(CC)OCC(NC(=O)Nc2cccc(C(F)(F)F)c2)[C@H]1O[C@@H]1OC2COC(c3ccccc3)O[C@@H]2[C@H](OC(=O)Nc2cccc(C(F)(F)F)c2)C1O. The molecule has 3 aromatic rings. The zero-order valence-electron chi connectivity index (χ0n) is 37.2. The fourth-order valence-electron chi connectivity index (χ4n) is 8.31. The largest absolute Gasteiger partial charge is 0.440 e. The van der Waals surface area contributed by atoms with Crippen molar-refractivity contribution in [3.05, 3.63) is 95.6 Å². The summed E-state index contributed by atoms with van der Waals surface area (Å²) in [5.41, 5.74) is -1.87. The van der Waals surface area contributed by atoms with Crippen LogP contribution in [0.5, 0.6) is 0 Å². The van der Waals surface area contributed by atoms with Gasteiger partial charge in [0.15, 0.2) is 18.7 Å². The highest BCUT2D eigenvalue weighted by atomic mass is 19.4. The number of ether oxygens (including phenoxy) is 6. The second kappa shape index (κ2) is 23.8. The van der Waals surface area contributed by atoms with Crippen LogP contribution in [0, 0.1) is 0 Å². The first kappa shape index (κ1) is 51.4. The Hall–Kier alpha value is -4.99. The van der Waals surface area contributed by atoms with Gasteiger partial charge >= 0.3 is 24.5 Å². The number of hydrogen-bond donors (Lipinski definition) is 5. The lowest BCUT2D eigenvalue weighted by Gasteiger charge is -2.49. The van der Waals surface area contributed by atoms with Crippen LogP contribution < -0.4 is 21.3 Å². The predicted molar refractivity (Wildman–Crippen MR) is 231 cm³/mol. The molecule has 0 spiro atoms. The number of hydrogen-bond acceptors (Lipinski definition) is 10. The molecule has 20 heteroatoms. The molecule has 0 aromatic heterocycles. The standard InChI is InChI=1S/C47H58F6N4O10/c1-3-5-6-7-8-9-10-14-23-36(58)57-37-34(4-2)62-26-33(56-44(60)54-31-21-15-19-29(24-31)46(48,49)50)39(37)65-43-38(59)41(67-45(61)55-32-22-16-20-30(25-32)47(51,52)53)40-35(64-43)27-63-42(66-40)28-17-12-11-13-18-28/h11-13,15-22,24-25,33-35,37-43,59H,3-10,14,23,26-27H2,1-2H3,(H,55,61)(H,57,58)(H2,54,56,60)/t33?,34?,35?,37-,38?,39+,40-,41+,42?,43-/m0/s1. The van der Waals surface area contributed by atoms with Gasteiger partial charge in [0.1, 0.15) is 24.4 Å². The molecule has 0 radical (unpaired) electrons. The van der Waals surface area contributed by atoms with Gasteiger partial charge in [-0.3, -0.25) is 10.1 Å². The number of carbonyl (C=O) groups excluding carboxylic acids is 3. The molecule has 3 fully saturated rings. The Morgan fingerprint density at radius 3 is 1.97 bits per heavy atom. The minimum Gasteiger partial charge on any atom is -0.440 e. The van der Waals surface area contributed by atoms with E-state index in [1.807, 2.05) is 0 Å². The number of alkyl halides is 6. The van der Waals surface area contributed by atoms with Crippen LogP contribution in [0.3, 0.4) is 0 Å².